The molecular formula is C21H22FN3OS. The number of aromatic nitrogens is 2. The summed E-state index contributed by atoms with van der Waals surface area (Å²) in [5.41, 5.74) is 1.93. The van der Waals surface area contributed by atoms with E-state index in [2.05, 4.69) is 22.4 Å². The number of rotatable bonds is 8. The molecule has 3 aromatic rings. The number of hydrogen-bond acceptors (Lipinski definition) is 3. The number of halogens is 1. The van der Waals surface area contributed by atoms with Crippen LogP contribution in [0.5, 0.6) is 0 Å². The van der Waals surface area contributed by atoms with Crippen LogP contribution in [0, 0.1) is 5.82 Å². The van der Waals surface area contributed by atoms with Crippen LogP contribution < -0.4 is 5.32 Å². The standard InChI is InChI=1S/C21H22FN3OS/c1-25-12-11-23-21(25)20(17-8-5-9-18(22)14-17)24-19(26)15-27-13-10-16-6-3-2-4-7-16/h2-9,11-12,14,20H,10,13,15H2,1H3,(H,24,26)/t20-/m0/s1. The Bertz CT molecular complexity index is 882. The number of hydrogen-bond donors (Lipinski definition) is 1. The van der Waals surface area contributed by atoms with E-state index in [-0.39, 0.29) is 11.7 Å². The molecule has 0 fully saturated rings. The third-order valence-corrected chi connectivity index (χ3v) is 5.17. The third kappa shape index (κ3) is 5.44. The van der Waals surface area contributed by atoms with Crippen LogP contribution in [0.1, 0.15) is 23.0 Å². The monoisotopic (exact) mass is 383 g/mol. The van der Waals surface area contributed by atoms with E-state index in [1.54, 1.807) is 30.1 Å². The van der Waals surface area contributed by atoms with E-state index >= 15 is 0 Å². The molecule has 6 heteroatoms. The van der Waals surface area contributed by atoms with Gasteiger partial charge in [-0.3, -0.25) is 4.79 Å². The first-order valence-electron chi connectivity index (χ1n) is 8.77. The topological polar surface area (TPSA) is 46.9 Å². The van der Waals surface area contributed by atoms with Crippen LogP contribution >= 0.6 is 11.8 Å². The zero-order valence-corrected chi connectivity index (χ0v) is 16.0. The van der Waals surface area contributed by atoms with Crippen molar-refractivity contribution in [2.24, 2.45) is 7.05 Å². The molecule has 1 N–H and O–H groups in total. The van der Waals surface area contributed by atoms with Crippen LogP contribution in [0.4, 0.5) is 4.39 Å². The first-order chi connectivity index (χ1) is 13.1. The van der Waals surface area contributed by atoms with Gasteiger partial charge in [-0.05, 0) is 35.4 Å². The Labute approximate surface area is 162 Å². The molecule has 4 nitrogen and oxygen atoms in total. The van der Waals surface area contributed by atoms with Gasteiger partial charge in [0.15, 0.2) is 0 Å². The molecular weight excluding hydrogens is 361 g/mol. The molecule has 1 aromatic heterocycles. The van der Waals surface area contributed by atoms with Gasteiger partial charge in [-0.1, -0.05) is 42.5 Å². The number of benzene rings is 2. The van der Waals surface area contributed by atoms with Gasteiger partial charge in [0.2, 0.25) is 5.91 Å². The van der Waals surface area contributed by atoms with E-state index in [4.69, 9.17) is 0 Å². The Balaban J connectivity index is 1.60. The Morgan fingerprint density at radius 2 is 2.04 bits per heavy atom. The summed E-state index contributed by atoms with van der Waals surface area (Å²) in [5.74, 6) is 1.46. The van der Waals surface area contributed by atoms with Gasteiger partial charge in [0.25, 0.3) is 0 Å². The van der Waals surface area contributed by atoms with E-state index in [1.165, 1.54) is 17.7 Å². The smallest absolute Gasteiger partial charge is 0.230 e. The second-order valence-electron chi connectivity index (χ2n) is 6.24. The first-order valence-corrected chi connectivity index (χ1v) is 9.92. The fraction of sp³-hybridized carbons (Fsp3) is 0.238. The summed E-state index contributed by atoms with van der Waals surface area (Å²) in [6.45, 7) is 0. The highest BCUT2D eigenvalue weighted by Gasteiger charge is 2.21. The normalized spacial score (nSPS) is 11.9. The number of carbonyl (C=O) groups excluding carboxylic acids is 1. The first kappa shape index (κ1) is 19.2. The van der Waals surface area contributed by atoms with Gasteiger partial charge < -0.3 is 9.88 Å². The van der Waals surface area contributed by atoms with Gasteiger partial charge >= 0.3 is 0 Å². The van der Waals surface area contributed by atoms with Crippen LogP contribution in [0.2, 0.25) is 0 Å². The lowest BCUT2D eigenvalue weighted by atomic mass is 10.1. The van der Waals surface area contributed by atoms with Gasteiger partial charge in [0, 0.05) is 19.4 Å². The molecule has 0 aliphatic carbocycles. The van der Waals surface area contributed by atoms with Crippen molar-refractivity contribution in [3.63, 3.8) is 0 Å². The number of thioether (sulfide) groups is 1. The molecule has 0 aliphatic rings. The lowest BCUT2D eigenvalue weighted by Crippen LogP contribution is -2.32. The van der Waals surface area contributed by atoms with Gasteiger partial charge in [-0.2, -0.15) is 11.8 Å². The fourth-order valence-electron chi connectivity index (χ4n) is 2.84. The van der Waals surface area contributed by atoms with Crippen molar-refractivity contribution in [1.29, 1.82) is 0 Å². The second kappa shape index (κ2) is 9.37. The quantitative estimate of drug-likeness (QED) is 0.603. The van der Waals surface area contributed by atoms with Gasteiger partial charge in [0.05, 0.1) is 5.75 Å². The average molecular weight is 383 g/mol. The Kier molecular flexibility index (Phi) is 6.65. The SMILES string of the molecule is Cn1ccnc1[C@@H](NC(=O)CSCCc1ccccc1)c1cccc(F)c1. The second-order valence-corrected chi connectivity index (χ2v) is 7.35. The van der Waals surface area contributed by atoms with Crippen LogP contribution in [0.15, 0.2) is 67.0 Å². The van der Waals surface area contributed by atoms with Crippen molar-refractivity contribution in [2.45, 2.75) is 12.5 Å². The Morgan fingerprint density at radius 1 is 1.22 bits per heavy atom. The maximum atomic E-state index is 13.7. The molecule has 3 rings (SSSR count). The highest BCUT2D eigenvalue weighted by molar-refractivity contribution is 7.99. The molecule has 0 radical (unpaired) electrons. The zero-order valence-electron chi connectivity index (χ0n) is 15.1. The molecule has 27 heavy (non-hydrogen) atoms. The fourth-order valence-corrected chi connectivity index (χ4v) is 3.63. The molecule has 0 unspecified atom stereocenters. The van der Waals surface area contributed by atoms with Crippen LogP contribution in [0.3, 0.4) is 0 Å². The maximum absolute atomic E-state index is 13.7. The molecule has 0 spiro atoms. The van der Waals surface area contributed by atoms with Crippen LogP contribution in [-0.4, -0.2) is 27.0 Å². The average Bonchev–Trinajstić information content (AvgIpc) is 3.10. The summed E-state index contributed by atoms with van der Waals surface area (Å²) in [6, 6.07) is 16.0. The summed E-state index contributed by atoms with van der Waals surface area (Å²) < 4.78 is 15.5. The molecule has 1 heterocycles. The van der Waals surface area contributed by atoms with Crippen LogP contribution in [-0.2, 0) is 18.3 Å². The number of nitrogens with one attached hydrogen (secondary N) is 1. The van der Waals surface area contributed by atoms with Gasteiger partial charge in [-0.25, -0.2) is 9.37 Å². The predicted octanol–water partition coefficient (Wildman–Crippen LogP) is 3.74. The number of amides is 1. The molecule has 1 amide bonds. The van der Waals surface area contributed by atoms with Gasteiger partial charge in [-0.15, -0.1) is 0 Å². The molecule has 140 valence electrons. The van der Waals surface area contributed by atoms with E-state index in [0.717, 1.165) is 12.2 Å². The minimum absolute atomic E-state index is 0.0923. The lowest BCUT2D eigenvalue weighted by molar-refractivity contribution is -0.119. The summed E-state index contributed by atoms with van der Waals surface area (Å²) in [4.78, 5) is 16.8. The third-order valence-electron chi connectivity index (χ3n) is 4.22. The number of nitrogens with zero attached hydrogens (tertiary/aromatic N) is 2. The van der Waals surface area contributed by atoms with E-state index in [9.17, 15) is 9.18 Å². The molecule has 1 atom stereocenters. The molecule has 0 bridgehead atoms. The van der Waals surface area contributed by atoms with E-state index in [1.807, 2.05) is 36.0 Å². The van der Waals surface area contributed by atoms with Crippen molar-refractivity contribution in [1.82, 2.24) is 14.9 Å². The highest BCUT2D eigenvalue weighted by atomic mass is 32.2. The maximum Gasteiger partial charge on any atom is 0.230 e. The van der Waals surface area contributed by atoms with Crippen molar-refractivity contribution in [3.8, 4) is 0 Å². The lowest BCUT2D eigenvalue weighted by Gasteiger charge is -2.19. The summed E-state index contributed by atoms with van der Waals surface area (Å²) in [6.07, 6.45) is 4.40. The molecule has 0 saturated carbocycles. The van der Waals surface area contributed by atoms with Gasteiger partial charge in [0.1, 0.15) is 17.7 Å². The summed E-state index contributed by atoms with van der Waals surface area (Å²) in [5, 5.41) is 2.99. The summed E-state index contributed by atoms with van der Waals surface area (Å²) >= 11 is 1.58. The Hall–Kier alpha value is -2.60. The molecule has 2 aromatic carbocycles. The Morgan fingerprint density at radius 3 is 2.74 bits per heavy atom. The van der Waals surface area contributed by atoms with Crippen molar-refractivity contribution < 1.29 is 9.18 Å². The predicted molar refractivity (Wildman–Crippen MR) is 107 cm³/mol. The van der Waals surface area contributed by atoms with Crippen molar-refractivity contribution in [3.05, 3.63) is 89.8 Å². The minimum Gasteiger partial charge on any atom is -0.341 e. The van der Waals surface area contributed by atoms with E-state index in [0.29, 0.717) is 17.1 Å². The van der Waals surface area contributed by atoms with Crippen LogP contribution in [0.25, 0.3) is 0 Å². The van der Waals surface area contributed by atoms with Crippen molar-refractivity contribution >= 4 is 17.7 Å². The minimum atomic E-state index is -0.483. The zero-order chi connectivity index (χ0) is 19.1. The number of aryl methyl sites for hydroxylation is 2. The largest absolute Gasteiger partial charge is 0.341 e. The number of carbonyl (C=O) groups is 1. The highest BCUT2D eigenvalue weighted by Crippen LogP contribution is 2.21. The van der Waals surface area contributed by atoms with Crippen molar-refractivity contribution in [2.75, 3.05) is 11.5 Å². The number of imidazole rings is 1. The van der Waals surface area contributed by atoms with E-state index < -0.39 is 6.04 Å². The summed E-state index contributed by atoms with van der Waals surface area (Å²) in [7, 11) is 1.86. The molecule has 0 aliphatic heterocycles. The molecule has 0 saturated heterocycles.